The van der Waals surface area contributed by atoms with Crippen LogP contribution in [0, 0.1) is 5.82 Å². The van der Waals surface area contributed by atoms with Gasteiger partial charge in [0.1, 0.15) is 5.82 Å². The Balaban J connectivity index is 2.17. The average molecular weight is 301 g/mol. The summed E-state index contributed by atoms with van der Waals surface area (Å²) in [5.41, 5.74) is 2.58. The summed E-state index contributed by atoms with van der Waals surface area (Å²) in [5, 5.41) is 0.809. The quantitative estimate of drug-likeness (QED) is 0.792. The van der Waals surface area contributed by atoms with E-state index in [1.807, 2.05) is 18.2 Å². The standard InChI is InChI=1S/C17H16FNO3/c1-20-15-8-11(9-16(21-2)17(15)22-3)14-7-10-6-12(18)4-5-13(10)19-14/h4-9,19H,1-3H3. The van der Waals surface area contributed by atoms with Gasteiger partial charge in [-0.05, 0) is 36.4 Å². The molecule has 0 amide bonds. The Morgan fingerprint density at radius 1 is 0.864 bits per heavy atom. The molecule has 0 aliphatic carbocycles. The van der Waals surface area contributed by atoms with Gasteiger partial charge in [-0.2, -0.15) is 0 Å². The van der Waals surface area contributed by atoms with Gasteiger partial charge in [0.25, 0.3) is 0 Å². The maximum atomic E-state index is 13.3. The molecule has 3 aromatic rings. The number of hydrogen-bond donors (Lipinski definition) is 1. The van der Waals surface area contributed by atoms with Crippen molar-refractivity contribution in [2.75, 3.05) is 21.3 Å². The highest BCUT2D eigenvalue weighted by atomic mass is 19.1. The molecule has 114 valence electrons. The van der Waals surface area contributed by atoms with Crippen molar-refractivity contribution in [2.45, 2.75) is 0 Å². The van der Waals surface area contributed by atoms with Crippen molar-refractivity contribution in [3.05, 3.63) is 42.2 Å². The molecule has 22 heavy (non-hydrogen) atoms. The van der Waals surface area contributed by atoms with Crippen molar-refractivity contribution < 1.29 is 18.6 Å². The molecule has 5 heteroatoms. The smallest absolute Gasteiger partial charge is 0.203 e. The summed E-state index contributed by atoms with van der Waals surface area (Å²) in [7, 11) is 4.70. The van der Waals surface area contributed by atoms with Gasteiger partial charge in [-0.15, -0.1) is 0 Å². The molecule has 1 heterocycles. The lowest BCUT2D eigenvalue weighted by Gasteiger charge is -2.13. The van der Waals surface area contributed by atoms with E-state index in [0.29, 0.717) is 17.2 Å². The fourth-order valence-corrected chi connectivity index (χ4v) is 2.50. The summed E-state index contributed by atoms with van der Waals surface area (Å²) in [6.45, 7) is 0. The summed E-state index contributed by atoms with van der Waals surface area (Å²) < 4.78 is 29.3. The highest BCUT2D eigenvalue weighted by molar-refractivity contribution is 5.86. The maximum absolute atomic E-state index is 13.3. The first-order valence-corrected chi connectivity index (χ1v) is 6.75. The summed E-state index contributed by atoms with van der Waals surface area (Å²) in [4.78, 5) is 3.26. The number of rotatable bonds is 4. The molecular formula is C17H16FNO3. The number of benzene rings is 2. The van der Waals surface area contributed by atoms with Crippen LogP contribution in [0.25, 0.3) is 22.2 Å². The second-order valence-corrected chi connectivity index (χ2v) is 4.83. The average Bonchev–Trinajstić information content (AvgIpc) is 2.96. The van der Waals surface area contributed by atoms with Crippen LogP contribution in [0.2, 0.25) is 0 Å². The van der Waals surface area contributed by atoms with Crippen LogP contribution >= 0.6 is 0 Å². The van der Waals surface area contributed by atoms with Crippen LogP contribution in [-0.4, -0.2) is 26.3 Å². The zero-order chi connectivity index (χ0) is 15.7. The van der Waals surface area contributed by atoms with E-state index in [1.54, 1.807) is 27.4 Å². The SMILES string of the molecule is COc1cc(-c2cc3cc(F)ccc3[nH]2)cc(OC)c1OC. The minimum atomic E-state index is -0.261. The molecule has 0 bridgehead atoms. The zero-order valence-corrected chi connectivity index (χ0v) is 12.6. The largest absolute Gasteiger partial charge is 0.493 e. The van der Waals surface area contributed by atoms with E-state index in [0.717, 1.165) is 22.2 Å². The van der Waals surface area contributed by atoms with E-state index in [-0.39, 0.29) is 5.82 Å². The Bertz CT molecular complexity index is 801. The second kappa shape index (κ2) is 5.60. The number of ether oxygens (including phenoxy) is 3. The molecule has 4 nitrogen and oxygen atoms in total. The van der Waals surface area contributed by atoms with E-state index in [4.69, 9.17) is 14.2 Å². The molecule has 0 saturated heterocycles. The maximum Gasteiger partial charge on any atom is 0.203 e. The fraction of sp³-hybridized carbons (Fsp3) is 0.176. The number of aromatic nitrogens is 1. The van der Waals surface area contributed by atoms with E-state index in [9.17, 15) is 4.39 Å². The predicted octanol–water partition coefficient (Wildman–Crippen LogP) is 4.00. The van der Waals surface area contributed by atoms with Crippen molar-refractivity contribution in [3.8, 4) is 28.5 Å². The Morgan fingerprint density at radius 3 is 2.14 bits per heavy atom. The van der Waals surface area contributed by atoms with Crippen LogP contribution in [0.1, 0.15) is 0 Å². The van der Waals surface area contributed by atoms with Gasteiger partial charge in [-0.25, -0.2) is 4.39 Å². The highest BCUT2D eigenvalue weighted by Crippen LogP contribution is 2.41. The topological polar surface area (TPSA) is 43.5 Å². The number of aromatic amines is 1. The molecule has 2 aromatic carbocycles. The van der Waals surface area contributed by atoms with Crippen LogP contribution < -0.4 is 14.2 Å². The monoisotopic (exact) mass is 301 g/mol. The van der Waals surface area contributed by atoms with Crippen molar-refractivity contribution >= 4 is 10.9 Å². The number of fused-ring (bicyclic) bond motifs is 1. The van der Waals surface area contributed by atoms with Gasteiger partial charge < -0.3 is 19.2 Å². The number of methoxy groups -OCH3 is 3. The molecular weight excluding hydrogens is 285 g/mol. The van der Waals surface area contributed by atoms with Gasteiger partial charge in [0.05, 0.1) is 21.3 Å². The van der Waals surface area contributed by atoms with Crippen molar-refractivity contribution in [2.24, 2.45) is 0 Å². The summed E-state index contributed by atoms with van der Waals surface area (Å²) in [6.07, 6.45) is 0. The van der Waals surface area contributed by atoms with Crippen molar-refractivity contribution in [1.82, 2.24) is 4.98 Å². The van der Waals surface area contributed by atoms with Crippen molar-refractivity contribution in [3.63, 3.8) is 0 Å². The first kappa shape index (κ1) is 14.3. The van der Waals surface area contributed by atoms with Gasteiger partial charge in [0, 0.05) is 22.2 Å². The van der Waals surface area contributed by atoms with Gasteiger partial charge >= 0.3 is 0 Å². The molecule has 0 aliphatic heterocycles. The van der Waals surface area contributed by atoms with E-state index >= 15 is 0 Å². The number of halogens is 1. The zero-order valence-electron chi connectivity index (χ0n) is 12.6. The molecule has 0 aliphatic rings. The Hall–Kier alpha value is -2.69. The Labute approximate surface area is 127 Å². The minimum absolute atomic E-state index is 0.261. The second-order valence-electron chi connectivity index (χ2n) is 4.83. The first-order chi connectivity index (χ1) is 10.7. The van der Waals surface area contributed by atoms with Crippen LogP contribution in [0.4, 0.5) is 4.39 Å². The molecule has 0 saturated carbocycles. The van der Waals surface area contributed by atoms with Crippen LogP contribution in [0.3, 0.4) is 0 Å². The van der Waals surface area contributed by atoms with Gasteiger partial charge in [-0.3, -0.25) is 0 Å². The van der Waals surface area contributed by atoms with Crippen LogP contribution in [0.5, 0.6) is 17.2 Å². The summed E-state index contributed by atoms with van der Waals surface area (Å²) in [5.74, 6) is 1.42. The van der Waals surface area contributed by atoms with Crippen molar-refractivity contribution in [1.29, 1.82) is 0 Å². The van der Waals surface area contributed by atoms with E-state index < -0.39 is 0 Å². The molecule has 0 atom stereocenters. The molecule has 3 rings (SSSR count). The van der Waals surface area contributed by atoms with Gasteiger partial charge in [-0.1, -0.05) is 0 Å². The van der Waals surface area contributed by atoms with Gasteiger partial charge in [0.2, 0.25) is 5.75 Å². The normalized spacial score (nSPS) is 10.7. The number of nitrogens with one attached hydrogen (secondary N) is 1. The number of hydrogen-bond acceptors (Lipinski definition) is 3. The molecule has 0 unspecified atom stereocenters. The van der Waals surface area contributed by atoms with E-state index in [2.05, 4.69) is 4.98 Å². The van der Waals surface area contributed by atoms with E-state index in [1.165, 1.54) is 12.1 Å². The molecule has 1 N–H and O–H groups in total. The minimum Gasteiger partial charge on any atom is -0.493 e. The molecule has 0 radical (unpaired) electrons. The number of H-pyrrole nitrogens is 1. The third-order valence-corrected chi connectivity index (χ3v) is 3.56. The predicted molar refractivity (Wildman–Crippen MR) is 83.3 cm³/mol. The summed E-state index contributed by atoms with van der Waals surface area (Å²) in [6, 6.07) is 10.2. The third kappa shape index (κ3) is 2.35. The highest BCUT2D eigenvalue weighted by Gasteiger charge is 2.15. The Morgan fingerprint density at radius 2 is 1.55 bits per heavy atom. The first-order valence-electron chi connectivity index (χ1n) is 6.75. The fourth-order valence-electron chi connectivity index (χ4n) is 2.50. The molecule has 0 spiro atoms. The third-order valence-electron chi connectivity index (χ3n) is 3.56. The Kier molecular flexibility index (Phi) is 3.63. The van der Waals surface area contributed by atoms with Gasteiger partial charge in [0.15, 0.2) is 11.5 Å². The lowest BCUT2D eigenvalue weighted by Crippen LogP contribution is -1.95. The lowest BCUT2D eigenvalue weighted by atomic mass is 10.1. The van der Waals surface area contributed by atoms with Crippen LogP contribution in [-0.2, 0) is 0 Å². The molecule has 1 aromatic heterocycles. The molecule has 0 fully saturated rings. The van der Waals surface area contributed by atoms with Crippen LogP contribution in [0.15, 0.2) is 36.4 Å². The summed E-state index contributed by atoms with van der Waals surface area (Å²) >= 11 is 0. The lowest BCUT2D eigenvalue weighted by molar-refractivity contribution is 0.324.